The maximum Gasteiger partial charge on any atom is 0.246 e. The van der Waals surface area contributed by atoms with Crippen LogP contribution in [0.5, 0.6) is 0 Å². The number of carbonyl (C=O) groups is 1. The van der Waals surface area contributed by atoms with Crippen molar-refractivity contribution in [3.63, 3.8) is 0 Å². The number of morpholine rings is 1. The Kier molecular flexibility index (Phi) is 7.44. The maximum absolute atomic E-state index is 12.7. The molecule has 1 N–H and O–H groups in total. The summed E-state index contributed by atoms with van der Waals surface area (Å²) in [5, 5.41) is 3.16. The summed E-state index contributed by atoms with van der Waals surface area (Å²) in [6.45, 7) is 4.15. The quantitative estimate of drug-likeness (QED) is 0.703. The van der Waals surface area contributed by atoms with Crippen LogP contribution in [0.4, 0.5) is 0 Å². The molecule has 2 aromatic rings. The largest absolute Gasteiger partial charge is 0.379 e. The first-order chi connectivity index (χ1) is 14.8. The summed E-state index contributed by atoms with van der Waals surface area (Å²) < 4.78 is 11.6. The van der Waals surface area contributed by atoms with E-state index in [1.807, 2.05) is 72.4 Å². The van der Waals surface area contributed by atoms with Crippen LogP contribution < -0.4 is 5.32 Å². The summed E-state index contributed by atoms with van der Waals surface area (Å²) in [5.41, 5.74) is 2.14. The van der Waals surface area contributed by atoms with E-state index < -0.39 is 0 Å². The zero-order valence-corrected chi connectivity index (χ0v) is 18.1. The highest BCUT2D eigenvalue weighted by Gasteiger charge is 2.40. The van der Waals surface area contributed by atoms with Crippen molar-refractivity contribution >= 4 is 17.7 Å². The topological polar surface area (TPSA) is 50.8 Å². The Morgan fingerprint density at radius 2 is 1.70 bits per heavy atom. The maximum atomic E-state index is 12.7. The molecular formula is C24H30N2O3S. The van der Waals surface area contributed by atoms with Crippen molar-refractivity contribution in [2.45, 2.75) is 18.1 Å². The van der Waals surface area contributed by atoms with Crippen LogP contribution in [-0.4, -0.2) is 67.3 Å². The van der Waals surface area contributed by atoms with Crippen molar-refractivity contribution < 1.29 is 14.3 Å². The zero-order valence-electron chi connectivity index (χ0n) is 17.3. The Hall–Kier alpha value is -1.86. The minimum atomic E-state index is -0.256. The fourth-order valence-electron chi connectivity index (χ4n) is 4.25. The predicted octanol–water partition coefficient (Wildman–Crippen LogP) is 3.12. The van der Waals surface area contributed by atoms with E-state index in [4.69, 9.17) is 9.47 Å². The van der Waals surface area contributed by atoms with Crippen molar-refractivity contribution in [1.82, 2.24) is 10.2 Å². The lowest BCUT2D eigenvalue weighted by atomic mass is 9.95. The van der Waals surface area contributed by atoms with E-state index in [9.17, 15) is 4.79 Å². The molecule has 0 aromatic heterocycles. The SMILES string of the molecule is O=C(COC(c1ccccc1)c1ccccc1)NCC1(N2CCOCC2)CCSC1. The van der Waals surface area contributed by atoms with E-state index in [-0.39, 0.29) is 24.2 Å². The first-order valence-corrected chi connectivity index (χ1v) is 11.8. The molecule has 1 unspecified atom stereocenters. The summed E-state index contributed by atoms with van der Waals surface area (Å²) in [4.78, 5) is 15.2. The molecule has 0 bridgehead atoms. The van der Waals surface area contributed by atoms with Crippen molar-refractivity contribution in [3.8, 4) is 0 Å². The Labute approximate surface area is 183 Å². The summed E-state index contributed by atoms with van der Waals surface area (Å²) in [6, 6.07) is 20.1. The number of benzene rings is 2. The van der Waals surface area contributed by atoms with Gasteiger partial charge in [-0.25, -0.2) is 0 Å². The van der Waals surface area contributed by atoms with Crippen molar-refractivity contribution in [1.29, 1.82) is 0 Å². The fraction of sp³-hybridized carbons (Fsp3) is 0.458. The number of rotatable bonds is 8. The molecule has 6 heteroatoms. The number of thioether (sulfide) groups is 1. The third kappa shape index (κ3) is 5.24. The summed E-state index contributed by atoms with van der Waals surface area (Å²) in [6.07, 6.45) is 0.850. The standard InChI is InChI=1S/C24H30N2O3S/c27-22(25-18-24(11-16-30-19-24)26-12-14-28-15-13-26)17-29-23(20-7-3-1-4-8-20)21-9-5-2-6-10-21/h1-10,23H,11-19H2,(H,25,27). The molecule has 4 rings (SSSR count). The molecule has 30 heavy (non-hydrogen) atoms. The molecule has 2 aliphatic heterocycles. The Morgan fingerprint density at radius 1 is 1.07 bits per heavy atom. The predicted molar refractivity (Wildman–Crippen MR) is 121 cm³/mol. The lowest BCUT2D eigenvalue weighted by Crippen LogP contribution is -2.59. The van der Waals surface area contributed by atoms with E-state index in [1.165, 1.54) is 0 Å². The van der Waals surface area contributed by atoms with E-state index in [0.717, 1.165) is 55.4 Å². The molecule has 0 saturated carbocycles. The van der Waals surface area contributed by atoms with Crippen LogP contribution in [0.15, 0.2) is 60.7 Å². The van der Waals surface area contributed by atoms with E-state index in [2.05, 4.69) is 10.2 Å². The molecule has 2 fully saturated rings. The second kappa shape index (κ2) is 10.4. The van der Waals surface area contributed by atoms with Gasteiger partial charge < -0.3 is 14.8 Å². The number of hydrogen-bond donors (Lipinski definition) is 1. The number of nitrogens with zero attached hydrogens (tertiary/aromatic N) is 1. The van der Waals surface area contributed by atoms with E-state index >= 15 is 0 Å². The highest BCUT2D eigenvalue weighted by atomic mass is 32.2. The van der Waals surface area contributed by atoms with Crippen molar-refractivity contribution in [3.05, 3.63) is 71.8 Å². The second-order valence-corrected chi connectivity index (χ2v) is 9.02. The number of amides is 1. The summed E-state index contributed by atoms with van der Waals surface area (Å²) >= 11 is 1.97. The molecular weight excluding hydrogens is 396 g/mol. The van der Waals surface area contributed by atoms with Gasteiger partial charge in [0.25, 0.3) is 0 Å². The molecule has 5 nitrogen and oxygen atoms in total. The van der Waals surface area contributed by atoms with Gasteiger partial charge in [0.05, 0.1) is 13.2 Å². The smallest absolute Gasteiger partial charge is 0.246 e. The second-order valence-electron chi connectivity index (χ2n) is 7.92. The van der Waals surface area contributed by atoms with Gasteiger partial charge in [0, 0.05) is 30.9 Å². The van der Waals surface area contributed by atoms with Gasteiger partial charge in [-0.15, -0.1) is 0 Å². The van der Waals surface area contributed by atoms with Crippen LogP contribution in [0, 0.1) is 0 Å². The minimum absolute atomic E-state index is 0.0424. The minimum Gasteiger partial charge on any atom is -0.379 e. The van der Waals surface area contributed by atoms with Gasteiger partial charge in [-0.1, -0.05) is 60.7 Å². The zero-order chi connectivity index (χ0) is 20.7. The van der Waals surface area contributed by atoms with Gasteiger partial charge in [-0.3, -0.25) is 9.69 Å². The average Bonchev–Trinajstić information content (AvgIpc) is 3.30. The third-order valence-corrected chi connectivity index (χ3v) is 7.20. The molecule has 2 heterocycles. The average molecular weight is 427 g/mol. The molecule has 2 aliphatic rings. The normalized spacial score (nSPS) is 22.3. The molecule has 0 aliphatic carbocycles. The molecule has 2 saturated heterocycles. The van der Waals surface area contributed by atoms with Crippen LogP contribution in [0.1, 0.15) is 23.7 Å². The Balaban J connectivity index is 1.36. The summed E-state index contributed by atoms with van der Waals surface area (Å²) in [7, 11) is 0. The molecule has 2 aromatic carbocycles. The highest BCUT2D eigenvalue weighted by Crippen LogP contribution is 2.33. The molecule has 0 spiro atoms. The molecule has 0 radical (unpaired) electrons. The first-order valence-electron chi connectivity index (χ1n) is 10.7. The van der Waals surface area contributed by atoms with Gasteiger partial charge in [0.15, 0.2) is 0 Å². The fourth-order valence-corrected chi connectivity index (χ4v) is 5.73. The van der Waals surface area contributed by atoms with Gasteiger partial charge in [-0.2, -0.15) is 11.8 Å². The number of ether oxygens (including phenoxy) is 2. The first kappa shape index (κ1) is 21.4. The monoisotopic (exact) mass is 426 g/mol. The molecule has 160 valence electrons. The van der Waals surface area contributed by atoms with Crippen LogP contribution in [0.25, 0.3) is 0 Å². The van der Waals surface area contributed by atoms with E-state index in [1.54, 1.807) is 0 Å². The van der Waals surface area contributed by atoms with Gasteiger partial charge >= 0.3 is 0 Å². The van der Waals surface area contributed by atoms with Crippen LogP contribution >= 0.6 is 11.8 Å². The number of carbonyl (C=O) groups excluding carboxylic acids is 1. The molecule has 1 amide bonds. The molecule has 1 atom stereocenters. The van der Waals surface area contributed by atoms with Crippen molar-refractivity contribution in [2.24, 2.45) is 0 Å². The number of hydrogen-bond acceptors (Lipinski definition) is 5. The highest BCUT2D eigenvalue weighted by molar-refractivity contribution is 7.99. The number of nitrogens with one attached hydrogen (secondary N) is 1. The van der Waals surface area contributed by atoms with Crippen LogP contribution in [-0.2, 0) is 14.3 Å². The van der Waals surface area contributed by atoms with Crippen LogP contribution in [0.2, 0.25) is 0 Å². The van der Waals surface area contributed by atoms with E-state index in [0.29, 0.717) is 6.54 Å². The van der Waals surface area contributed by atoms with Gasteiger partial charge in [0.2, 0.25) is 5.91 Å². The summed E-state index contributed by atoms with van der Waals surface area (Å²) in [5.74, 6) is 2.15. The van der Waals surface area contributed by atoms with Crippen LogP contribution in [0.3, 0.4) is 0 Å². The lowest BCUT2D eigenvalue weighted by Gasteiger charge is -2.43. The lowest BCUT2D eigenvalue weighted by molar-refractivity contribution is -0.127. The van der Waals surface area contributed by atoms with Crippen molar-refractivity contribution in [2.75, 3.05) is 51.0 Å². The Morgan fingerprint density at radius 3 is 2.27 bits per heavy atom. The third-order valence-electron chi connectivity index (χ3n) is 5.96. The van der Waals surface area contributed by atoms with Gasteiger partial charge in [0.1, 0.15) is 12.7 Å². The van der Waals surface area contributed by atoms with Gasteiger partial charge in [-0.05, 0) is 23.3 Å². The Bertz CT molecular complexity index is 751.